The third kappa shape index (κ3) is 3.23. The van der Waals surface area contributed by atoms with E-state index in [9.17, 15) is 9.59 Å². The van der Waals surface area contributed by atoms with Crippen molar-refractivity contribution < 1.29 is 14.7 Å². The Bertz CT molecular complexity index is 406. The standard InChI is InChI=1S/C10H13N3O3/c1-6(4-9(11)14)13-8-2-3-12-5-7(8)10(15)16/h2-3,5-6H,4H2,1H3,(H2,11,14)(H,12,13)(H,15,16). The van der Waals surface area contributed by atoms with Gasteiger partial charge in [-0.15, -0.1) is 0 Å². The van der Waals surface area contributed by atoms with E-state index in [4.69, 9.17) is 10.8 Å². The maximum Gasteiger partial charge on any atom is 0.339 e. The largest absolute Gasteiger partial charge is 0.478 e. The van der Waals surface area contributed by atoms with Crippen LogP contribution in [-0.4, -0.2) is 28.0 Å². The number of amides is 1. The Labute approximate surface area is 92.5 Å². The Morgan fingerprint density at radius 3 is 2.88 bits per heavy atom. The fourth-order valence-electron chi connectivity index (χ4n) is 1.31. The van der Waals surface area contributed by atoms with Gasteiger partial charge in [-0.3, -0.25) is 9.78 Å². The van der Waals surface area contributed by atoms with Gasteiger partial charge >= 0.3 is 5.97 Å². The van der Waals surface area contributed by atoms with Crippen LogP contribution in [0.2, 0.25) is 0 Å². The SMILES string of the molecule is CC(CC(N)=O)Nc1ccncc1C(=O)O. The molecule has 0 aliphatic heterocycles. The molecule has 0 aliphatic rings. The predicted molar refractivity (Wildman–Crippen MR) is 58.1 cm³/mol. The summed E-state index contributed by atoms with van der Waals surface area (Å²) in [7, 11) is 0. The first-order valence-electron chi connectivity index (χ1n) is 4.73. The molecule has 1 atom stereocenters. The van der Waals surface area contributed by atoms with Crippen molar-refractivity contribution in [3.8, 4) is 0 Å². The van der Waals surface area contributed by atoms with Crippen LogP contribution in [0, 0.1) is 0 Å². The molecule has 6 nitrogen and oxygen atoms in total. The van der Waals surface area contributed by atoms with Gasteiger partial charge in [0.1, 0.15) is 5.56 Å². The van der Waals surface area contributed by atoms with E-state index in [1.54, 1.807) is 13.0 Å². The first-order chi connectivity index (χ1) is 7.50. The second kappa shape index (κ2) is 5.11. The van der Waals surface area contributed by atoms with Crippen LogP contribution >= 0.6 is 0 Å². The van der Waals surface area contributed by atoms with Crippen LogP contribution in [0.3, 0.4) is 0 Å². The molecule has 0 spiro atoms. The number of nitrogens with two attached hydrogens (primary N) is 1. The van der Waals surface area contributed by atoms with E-state index in [1.807, 2.05) is 0 Å². The molecule has 16 heavy (non-hydrogen) atoms. The highest BCUT2D eigenvalue weighted by Gasteiger charge is 2.12. The Kier molecular flexibility index (Phi) is 3.82. The average Bonchev–Trinajstić information content (AvgIpc) is 2.16. The summed E-state index contributed by atoms with van der Waals surface area (Å²) in [6, 6.07) is 1.32. The highest BCUT2D eigenvalue weighted by molar-refractivity contribution is 5.93. The number of pyridine rings is 1. The summed E-state index contributed by atoms with van der Waals surface area (Å²) in [4.78, 5) is 25.2. The normalized spacial score (nSPS) is 11.8. The number of hydrogen-bond acceptors (Lipinski definition) is 4. The quantitative estimate of drug-likeness (QED) is 0.672. The molecule has 6 heteroatoms. The van der Waals surface area contributed by atoms with Gasteiger partial charge in [-0.05, 0) is 13.0 Å². The van der Waals surface area contributed by atoms with Crippen LogP contribution in [0.15, 0.2) is 18.5 Å². The lowest BCUT2D eigenvalue weighted by Crippen LogP contribution is -2.24. The Morgan fingerprint density at radius 1 is 1.62 bits per heavy atom. The van der Waals surface area contributed by atoms with Gasteiger partial charge in [-0.25, -0.2) is 4.79 Å². The molecule has 86 valence electrons. The van der Waals surface area contributed by atoms with Crippen LogP contribution in [0.5, 0.6) is 0 Å². The molecular formula is C10H13N3O3. The fourth-order valence-corrected chi connectivity index (χ4v) is 1.31. The molecule has 0 radical (unpaired) electrons. The molecule has 0 saturated heterocycles. The highest BCUT2D eigenvalue weighted by Crippen LogP contribution is 2.15. The molecule has 1 heterocycles. The van der Waals surface area contributed by atoms with E-state index in [0.29, 0.717) is 5.69 Å². The number of aromatic nitrogens is 1. The fraction of sp³-hybridized carbons (Fsp3) is 0.300. The molecule has 1 amide bonds. The number of aromatic carboxylic acids is 1. The van der Waals surface area contributed by atoms with Crippen molar-refractivity contribution in [2.45, 2.75) is 19.4 Å². The van der Waals surface area contributed by atoms with Gasteiger partial charge in [-0.2, -0.15) is 0 Å². The maximum absolute atomic E-state index is 10.9. The number of primary amides is 1. The van der Waals surface area contributed by atoms with Crippen molar-refractivity contribution in [3.63, 3.8) is 0 Å². The number of nitrogens with zero attached hydrogens (tertiary/aromatic N) is 1. The topological polar surface area (TPSA) is 105 Å². The van der Waals surface area contributed by atoms with Gasteiger partial charge < -0.3 is 16.2 Å². The number of carbonyl (C=O) groups is 2. The van der Waals surface area contributed by atoms with E-state index in [2.05, 4.69) is 10.3 Å². The van der Waals surface area contributed by atoms with Crippen LogP contribution < -0.4 is 11.1 Å². The third-order valence-corrected chi connectivity index (χ3v) is 1.96. The Hall–Kier alpha value is -2.11. The van der Waals surface area contributed by atoms with Gasteiger partial charge in [0, 0.05) is 24.9 Å². The van der Waals surface area contributed by atoms with Crippen LogP contribution in [-0.2, 0) is 4.79 Å². The number of hydrogen-bond donors (Lipinski definition) is 3. The summed E-state index contributed by atoms with van der Waals surface area (Å²) in [6.45, 7) is 1.75. The minimum absolute atomic E-state index is 0.0684. The molecule has 1 unspecified atom stereocenters. The van der Waals surface area contributed by atoms with Crippen molar-refractivity contribution in [1.82, 2.24) is 4.98 Å². The Morgan fingerprint density at radius 2 is 2.31 bits per heavy atom. The van der Waals surface area contributed by atoms with Gasteiger partial charge in [0.2, 0.25) is 5.91 Å². The lowest BCUT2D eigenvalue weighted by atomic mass is 10.2. The molecule has 0 aliphatic carbocycles. The smallest absolute Gasteiger partial charge is 0.339 e. The number of anilines is 1. The second-order valence-electron chi connectivity index (χ2n) is 3.44. The van der Waals surface area contributed by atoms with Crippen molar-refractivity contribution in [1.29, 1.82) is 0 Å². The zero-order valence-electron chi connectivity index (χ0n) is 8.80. The van der Waals surface area contributed by atoms with Gasteiger partial charge in [-0.1, -0.05) is 0 Å². The number of carboxylic acids is 1. The lowest BCUT2D eigenvalue weighted by molar-refractivity contribution is -0.118. The number of carbonyl (C=O) groups excluding carboxylic acids is 1. The molecule has 4 N–H and O–H groups in total. The summed E-state index contributed by atoms with van der Waals surface area (Å²) < 4.78 is 0. The average molecular weight is 223 g/mol. The minimum atomic E-state index is -1.07. The lowest BCUT2D eigenvalue weighted by Gasteiger charge is -2.14. The monoisotopic (exact) mass is 223 g/mol. The highest BCUT2D eigenvalue weighted by atomic mass is 16.4. The van der Waals surface area contributed by atoms with E-state index in [-0.39, 0.29) is 18.0 Å². The molecule has 0 saturated carbocycles. The second-order valence-corrected chi connectivity index (χ2v) is 3.44. The van der Waals surface area contributed by atoms with E-state index >= 15 is 0 Å². The summed E-state index contributed by atoms with van der Waals surface area (Å²) in [6.07, 6.45) is 2.87. The molecule has 1 rings (SSSR count). The molecule has 1 aromatic rings. The molecule has 0 aromatic carbocycles. The number of rotatable bonds is 5. The molecule has 1 aromatic heterocycles. The van der Waals surface area contributed by atoms with Gasteiger partial charge in [0.25, 0.3) is 0 Å². The summed E-state index contributed by atoms with van der Waals surface area (Å²) in [5.74, 6) is -1.51. The van der Waals surface area contributed by atoms with Crippen molar-refractivity contribution in [2.75, 3.05) is 5.32 Å². The number of nitrogens with one attached hydrogen (secondary N) is 1. The summed E-state index contributed by atoms with van der Waals surface area (Å²) in [5, 5.41) is 11.8. The summed E-state index contributed by atoms with van der Waals surface area (Å²) in [5.41, 5.74) is 5.53. The maximum atomic E-state index is 10.9. The van der Waals surface area contributed by atoms with Crippen molar-refractivity contribution in [3.05, 3.63) is 24.0 Å². The van der Waals surface area contributed by atoms with Crippen LogP contribution in [0.25, 0.3) is 0 Å². The van der Waals surface area contributed by atoms with Crippen molar-refractivity contribution >= 4 is 17.6 Å². The Balaban J connectivity index is 2.80. The van der Waals surface area contributed by atoms with Crippen LogP contribution in [0.4, 0.5) is 5.69 Å². The summed E-state index contributed by atoms with van der Waals surface area (Å²) >= 11 is 0. The van der Waals surface area contributed by atoms with E-state index in [0.717, 1.165) is 0 Å². The van der Waals surface area contributed by atoms with E-state index < -0.39 is 11.9 Å². The first kappa shape index (κ1) is 12.0. The van der Waals surface area contributed by atoms with Crippen molar-refractivity contribution in [2.24, 2.45) is 5.73 Å². The van der Waals surface area contributed by atoms with Crippen LogP contribution in [0.1, 0.15) is 23.7 Å². The van der Waals surface area contributed by atoms with E-state index in [1.165, 1.54) is 12.4 Å². The molecule has 0 fully saturated rings. The molecule has 0 bridgehead atoms. The third-order valence-electron chi connectivity index (χ3n) is 1.96. The zero-order valence-corrected chi connectivity index (χ0v) is 8.80. The molecular weight excluding hydrogens is 210 g/mol. The first-order valence-corrected chi connectivity index (χ1v) is 4.73. The zero-order chi connectivity index (χ0) is 12.1. The minimum Gasteiger partial charge on any atom is -0.478 e. The predicted octanol–water partition coefficient (Wildman–Crippen LogP) is 0.456. The number of carboxylic acid groups (broad SMARTS) is 1. The van der Waals surface area contributed by atoms with Gasteiger partial charge in [0.05, 0.1) is 5.69 Å². The van der Waals surface area contributed by atoms with Gasteiger partial charge in [0.15, 0.2) is 0 Å².